The Morgan fingerprint density at radius 1 is 1.50 bits per heavy atom. The Morgan fingerprint density at radius 2 is 2.19 bits per heavy atom. The lowest BCUT2D eigenvalue weighted by Crippen LogP contribution is -2.43. The summed E-state index contributed by atoms with van der Waals surface area (Å²) in [5.41, 5.74) is 5.48. The summed E-state index contributed by atoms with van der Waals surface area (Å²) in [6, 6.07) is 0. The third-order valence-electron chi connectivity index (χ3n) is 2.21. The molecule has 1 heterocycles. The molecule has 0 saturated heterocycles. The van der Waals surface area contributed by atoms with E-state index in [2.05, 4.69) is 22.2 Å². The molecule has 1 amide bonds. The van der Waals surface area contributed by atoms with Crippen LogP contribution in [0, 0.1) is 0 Å². The van der Waals surface area contributed by atoms with E-state index in [1.807, 2.05) is 13.8 Å². The molecule has 0 radical (unpaired) electrons. The number of aromatic nitrogens is 2. The van der Waals surface area contributed by atoms with Gasteiger partial charge in [-0.15, -0.1) is 0 Å². The first-order valence-electron chi connectivity index (χ1n) is 5.34. The monoisotopic (exact) mass is 222 g/mol. The molecule has 3 N–H and O–H groups in total. The molecule has 16 heavy (non-hydrogen) atoms. The maximum Gasteiger partial charge on any atom is 0.271 e. The third kappa shape index (κ3) is 3.49. The Bertz CT molecular complexity index is 376. The molecule has 5 nitrogen and oxygen atoms in total. The van der Waals surface area contributed by atoms with Gasteiger partial charge in [-0.05, 0) is 20.3 Å². The minimum atomic E-state index is -0.238. The van der Waals surface area contributed by atoms with Crippen LogP contribution in [-0.2, 0) is 0 Å². The summed E-state index contributed by atoms with van der Waals surface area (Å²) in [6.07, 6.45) is 4.74. The Labute approximate surface area is 95.5 Å². The molecule has 5 heteroatoms. The fourth-order valence-corrected chi connectivity index (χ4v) is 1.55. The number of nitrogen functional groups attached to an aromatic ring is 1. The summed E-state index contributed by atoms with van der Waals surface area (Å²) in [5.74, 6) is 0.0131. The zero-order valence-electron chi connectivity index (χ0n) is 9.95. The topological polar surface area (TPSA) is 80.9 Å². The number of carbonyl (C=O) groups excluding carboxylic acids is 1. The fourth-order valence-electron chi connectivity index (χ4n) is 1.55. The molecular weight excluding hydrogens is 204 g/mol. The van der Waals surface area contributed by atoms with Crippen LogP contribution in [0.15, 0.2) is 12.4 Å². The highest BCUT2D eigenvalue weighted by molar-refractivity contribution is 5.92. The van der Waals surface area contributed by atoms with Crippen LogP contribution in [0.3, 0.4) is 0 Å². The van der Waals surface area contributed by atoms with Gasteiger partial charge in [-0.2, -0.15) is 0 Å². The van der Waals surface area contributed by atoms with Gasteiger partial charge >= 0.3 is 0 Å². The molecule has 1 rings (SSSR count). The zero-order valence-corrected chi connectivity index (χ0v) is 9.95. The van der Waals surface area contributed by atoms with Gasteiger partial charge in [-0.25, -0.2) is 4.98 Å². The van der Waals surface area contributed by atoms with Crippen molar-refractivity contribution in [3.63, 3.8) is 0 Å². The Morgan fingerprint density at radius 3 is 2.75 bits per heavy atom. The van der Waals surface area contributed by atoms with Gasteiger partial charge in [0.15, 0.2) is 0 Å². The average molecular weight is 222 g/mol. The van der Waals surface area contributed by atoms with Crippen LogP contribution in [0.25, 0.3) is 0 Å². The quantitative estimate of drug-likeness (QED) is 0.806. The largest absolute Gasteiger partial charge is 0.382 e. The molecule has 0 aliphatic heterocycles. The van der Waals surface area contributed by atoms with Crippen molar-refractivity contribution >= 4 is 11.7 Å². The maximum absolute atomic E-state index is 11.8. The van der Waals surface area contributed by atoms with Crippen molar-refractivity contribution in [1.82, 2.24) is 15.3 Å². The Balaban J connectivity index is 2.72. The van der Waals surface area contributed by atoms with E-state index in [4.69, 9.17) is 5.73 Å². The van der Waals surface area contributed by atoms with Gasteiger partial charge in [0.05, 0.1) is 12.4 Å². The molecule has 0 atom stereocenters. The predicted molar refractivity (Wildman–Crippen MR) is 62.9 cm³/mol. The van der Waals surface area contributed by atoms with E-state index in [0.717, 1.165) is 12.8 Å². The van der Waals surface area contributed by atoms with Gasteiger partial charge in [0.2, 0.25) is 0 Å². The van der Waals surface area contributed by atoms with Gasteiger partial charge in [0, 0.05) is 5.54 Å². The average Bonchev–Trinajstić information content (AvgIpc) is 2.16. The smallest absolute Gasteiger partial charge is 0.271 e. The summed E-state index contributed by atoms with van der Waals surface area (Å²) >= 11 is 0. The molecule has 0 unspecified atom stereocenters. The molecule has 0 aliphatic rings. The van der Waals surface area contributed by atoms with Gasteiger partial charge < -0.3 is 11.1 Å². The number of hydrogen-bond acceptors (Lipinski definition) is 4. The van der Waals surface area contributed by atoms with Crippen LogP contribution in [0.1, 0.15) is 44.1 Å². The minimum absolute atomic E-state index is 0.238. The van der Waals surface area contributed by atoms with E-state index in [-0.39, 0.29) is 23.0 Å². The lowest BCUT2D eigenvalue weighted by atomic mass is 9.99. The van der Waals surface area contributed by atoms with Crippen molar-refractivity contribution in [1.29, 1.82) is 0 Å². The van der Waals surface area contributed by atoms with E-state index in [9.17, 15) is 4.79 Å². The maximum atomic E-state index is 11.8. The highest BCUT2D eigenvalue weighted by Crippen LogP contribution is 2.11. The second kappa shape index (κ2) is 4.92. The summed E-state index contributed by atoms with van der Waals surface area (Å²) in [6.45, 7) is 6.04. The normalized spacial score (nSPS) is 11.2. The van der Waals surface area contributed by atoms with Gasteiger partial charge in [0.1, 0.15) is 11.5 Å². The Hall–Kier alpha value is -1.65. The van der Waals surface area contributed by atoms with Crippen molar-refractivity contribution in [2.24, 2.45) is 0 Å². The van der Waals surface area contributed by atoms with E-state index < -0.39 is 0 Å². The second-order valence-corrected chi connectivity index (χ2v) is 4.42. The van der Waals surface area contributed by atoms with Gasteiger partial charge in [-0.3, -0.25) is 9.78 Å². The van der Waals surface area contributed by atoms with E-state index >= 15 is 0 Å². The first-order valence-corrected chi connectivity index (χ1v) is 5.34. The lowest BCUT2D eigenvalue weighted by Gasteiger charge is -2.25. The molecule has 1 aromatic heterocycles. The lowest BCUT2D eigenvalue weighted by molar-refractivity contribution is 0.0903. The number of nitrogens with zero attached hydrogens (tertiary/aromatic N) is 2. The fraction of sp³-hybridized carbons (Fsp3) is 0.545. The van der Waals surface area contributed by atoms with Crippen LogP contribution < -0.4 is 11.1 Å². The van der Waals surface area contributed by atoms with E-state index in [1.165, 1.54) is 12.4 Å². The van der Waals surface area contributed by atoms with Crippen molar-refractivity contribution < 1.29 is 4.79 Å². The number of anilines is 1. The molecule has 0 saturated carbocycles. The van der Waals surface area contributed by atoms with Gasteiger partial charge in [-0.1, -0.05) is 13.3 Å². The number of carbonyl (C=O) groups is 1. The molecule has 88 valence electrons. The summed E-state index contributed by atoms with van der Waals surface area (Å²) < 4.78 is 0. The number of amides is 1. The van der Waals surface area contributed by atoms with Crippen molar-refractivity contribution in [2.45, 2.75) is 39.2 Å². The van der Waals surface area contributed by atoms with Crippen molar-refractivity contribution in [2.75, 3.05) is 5.73 Å². The van der Waals surface area contributed by atoms with E-state index in [1.54, 1.807) is 0 Å². The molecule has 0 aromatic carbocycles. The van der Waals surface area contributed by atoms with Crippen LogP contribution in [0.4, 0.5) is 5.82 Å². The van der Waals surface area contributed by atoms with E-state index in [0.29, 0.717) is 0 Å². The summed E-state index contributed by atoms with van der Waals surface area (Å²) in [7, 11) is 0. The van der Waals surface area contributed by atoms with Crippen molar-refractivity contribution in [3.05, 3.63) is 18.1 Å². The summed E-state index contributed by atoms with van der Waals surface area (Å²) in [4.78, 5) is 19.6. The Kier molecular flexibility index (Phi) is 3.82. The van der Waals surface area contributed by atoms with Gasteiger partial charge in [0.25, 0.3) is 5.91 Å². The van der Waals surface area contributed by atoms with Crippen LogP contribution in [0.5, 0.6) is 0 Å². The highest BCUT2D eigenvalue weighted by Gasteiger charge is 2.20. The first kappa shape index (κ1) is 12.4. The van der Waals surface area contributed by atoms with Crippen LogP contribution in [-0.4, -0.2) is 21.4 Å². The number of rotatable bonds is 4. The molecule has 0 spiro atoms. The third-order valence-corrected chi connectivity index (χ3v) is 2.21. The van der Waals surface area contributed by atoms with Crippen molar-refractivity contribution in [3.8, 4) is 0 Å². The SMILES string of the molecule is CCCC(C)(C)NC(=O)c1cncc(N)n1. The first-order chi connectivity index (χ1) is 7.44. The number of nitrogens with two attached hydrogens (primary N) is 1. The molecule has 0 bridgehead atoms. The predicted octanol–water partition coefficient (Wildman–Crippen LogP) is 1.37. The zero-order chi connectivity index (χ0) is 12.2. The van der Waals surface area contributed by atoms with Crippen LogP contribution in [0.2, 0.25) is 0 Å². The standard InChI is InChI=1S/C11H18N4O/c1-4-5-11(2,3)15-10(16)8-6-13-7-9(12)14-8/h6-7H,4-5H2,1-3H3,(H2,12,14)(H,15,16). The molecule has 0 fully saturated rings. The number of hydrogen-bond donors (Lipinski definition) is 2. The minimum Gasteiger partial charge on any atom is -0.382 e. The van der Waals surface area contributed by atoms with Crippen LogP contribution >= 0.6 is 0 Å². The molecule has 0 aliphatic carbocycles. The molecular formula is C11H18N4O. The summed E-state index contributed by atoms with van der Waals surface area (Å²) in [5, 5.41) is 2.90. The second-order valence-electron chi connectivity index (χ2n) is 4.42. The highest BCUT2D eigenvalue weighted by atomic mass is 16.2. The molecule has 1 aromatic rings. The number of nitrogens with one attached hydrogen (secondary N) is 1.